The molecule has 0 saturated carbocycles. The summed E-state index contributed by atoms with van der Waals surface area (Å²) in [5.74, 6) is 1.68. The van der Waals surface area contributed by atoms with Crippen LogP contribution in [0.5, 0.6) is 5.75 Å². The fourth-order valence-electron chi connectivity index (χ4n) is 4.31. The highest BCUT2D eigenvalue weighted by Gasteiger charge is 2.20. The van der Waals surface area contributed by atoms with E-state index in [2.05, 4.69) is 62.9 Å². The van der Waals surface area contributed by atoms with Crippen molar-refractivity contribution in [3.8, 4) is 5.75 Å². The van der Waals surface area contributed by atoms with Crippen molar-refractivity contribution in [2.45, 2.75) is 25.4 Å². The van der Waals surface area contributed by atoms with Crippen molar-refractivity contribution in [1.82, 2.24) is 15.1 Å². The molecule has 0 spiro atoms. The average Bonchev–Trinajstić information content (AvgIpc) is 2.80. The summed E-state index contributed by atoms with van der Waals surface area (Å²) in [5.41, 5.74) is 1.38. The Labute approximate surface area is 176 Å². The minimum atomic E-state index is 0.406. The topological polar surface area (TPSA) is 50.3 Å². The summed E-state index contributed by atoms with van der Waals surface area (Å²) in [6, 6.07) is 21.8. The highest BCUT2D eigenvalue weighted by molar-refractivity contribution is 5.92. The van der Waals surface area contributed by atoms with E-state index in [0.29, 0.717) is 6.04 Å². The Kier molecular flexibility index (Phi) is 5.20. The molecule has 0 aliphatic carbocycles. The van der Waals surface area contributed by atoms with Crippen LogP contribution in [0.2, 0.25) is 0 Å². The summed E-state index contributed by atoms with van der Waals surface area (Å²) in [5, 5.41) is 16.9. The number of hydrogen-bond acceptors (Lipinski definition) is 5. The maximum atomic E-state index is 5.38. The van der Waals surface area contributed by atoms with E-state index >= 15 is 0 Å². The van der Waals surface area contributed by atoms with Crippen LogP contribution >= 0.6 is 0 Å². The van der Waals surface area contributed by atoms with Crippen LogP contribution in [0.3, 0.4) is 0 Å². The molecule has 1 N–H and O–H groups in total. The van der Waals surface area contributed by atoms with Crippen LogP contribution < -0.4 is 10.1 Å². The van der Waals surface area contributed by atoms with Crippen LogP contribution in [0.4, 0.5) is 5.82 Å². The zero-order chi connectivity index (χ0) is 20.3. The summed E-state index contributed by atoms with van der Waals surface area (Å²) in [7, 11) is 1.69. The molecule has 2 heterocycles. The third-order valence-corrected chi connectivity index (χ3v) is 6.02. The molecule has 5 nitrogen and oxygen atoms in total. The molecule has 0 radical (unpaired) electrons. The van der Waals surface area contributed by atoms with Crippen LogP contribution in [-0.4, -0.2) is 41.3 Å². The van der Waals surface area contributed by atoms with Gasteiger partial charge in [0.05, 0.1) is 13.3 Å². The second-order valence-electron chi connectivity index (χ2n) is 8.02. The van der Waals surface area contributed by atoms with Crippen molar-refractivity contribution >= 4 is 27.4 Å². The molecule has 0 bridgehead atoms. The zero-order valence-electron chi connectivity index (χ0n) is 17.2. The van der Waals surface area contributed by atoms with Crippen molar-refractivity contribution in [3.63, 3.8) is 0 Å². The molecular weight excluding hydrogens is 372 g/mol. The Hall–Kier alpha value is -3.18. The van der Waals surface area contributed by atoms with Gasteiger partial charge in [-0.2, -0.15) is 5.10 Å². The number of methoxy groups -OCH3 is 1. The van der Waals surface area contributed by atoms with Crippen molar-refractivity contribution in [2.75, 3.05) is 25.5 Å². The predicted octanol–water partition coefficient (Wildman–Crippen LogP) is 4.87. The third kappa shape index (κ3) is 3.94. The molecule has 3 aromatic carbocycles. The molecule has 30 heavy (non-hydrogen) atoms. The average molecular weight is 399 g/mol. The lowest BCUT2D eigenvalue weighted by molar-refractivity contribution is 0.211. The number of hydrogen-bond donors (Lipinski definition) is 1. The normalized spacial score (nSPS) is 15.5. The number of nitrogens with one attached hydrogen (secondary N) is 1. The monoisotopic (exact) mass is 398 g/mol. The smallest absolute Gasteiger partial charge is 0.156 e. The van der Waals surface area contributed by atoms with Gasteiger partial charge >= 0.3 is 0 Å². The number of likely N-dealkylation sites (tertiary alicyclic amines) is 1. The molecule has 1 aliphatic rings. The van der Waals surface area contributed by atoms with Crippen LogP contribution in [0.15, 0.2) is 66.9 Å². The Morgan fingerprint density at radius 3 is 2.60 bits per heavy atom. The van der Waals surface area contributed by atoms with E-state index in [1.165, 1.54) is 16.3 Å². The van der Waals surface area contributed by atoms with Crippen molar-refractivity contribution in [3.05, 3.63) is 72.4 Å². The van der Waals surface area contributed by atoms with Crippen LogP contribution in [0.1, 0.15) is 18.4 Å². The SMILES string of the molecule is COc1ccc2cnnc(NC3CCN(Cc4ccc5ccccc5c4)CC3)c2c1. The second kappa shape index (κ2) is 8.28. The Morgan fingerprint density at radius 2 is 1.77 bits per heavy atom. The minimum absolute atomic E-state index is 0.406. The van der Waals surface area contributed by atoms with E-state index in [9.17, 15) is 0 Å². The largest absolute Gasteiger partial charge is 0.497 e. The van der Waals surface area contributed by atoms with E-state index in [1.54, 1.807) is 13.3 Å². The fourth-order valence-corrected chi connectivity index (χ4v) is 4.31. The van der Waals surface area contributed by atoms with E-state index in [1.807, 2.05) is 18.2 Å². The Balaban J connectivity index is 1.23. The van der Waals surface area contributed by atoms with Crippen molar-refractivity contribution < 1.29 is 4.74 Å². The molecule has 5 rings (SSSR count). The number of aromatic nitrogens is 2. The van der Waals surface area contributed by atoms with Gasteiger partial charge in [0.2, 0.25) is 0 Å². The summed E-state index contributed by atoms with van der Waals surface area (Å²) in [6.45, 7) is 3.15. The quantitative estimate of drug-likeness (QED) is 0.520. The number of fused-ring (bicyclic) bond motifs is 2. The van der Waals surface area contributed by atoms with Crippen LogP contribution in [-0.2, 0) is 6.54 Å². The Morgan fingerprint density at radius 1 is 0.967 bits per heavy atom. The zero-order valence-corrected chi connectivity index (χ0v) is 17.2. The maximum absolute atomic E-state index is 5.38. The van der Waals surface area contributed by atoms with E-state index < -0.39 is 0 Å². The highest BCUT2D eigenvalue weighted by atomic mass is 16.5. The summed E-state index contributed by atoms with van der Waals surface area (Å²) in [4.78, 5) is 2.54. The third-order valence-electron chi connectivity index (χ3n) is 6.02. The number of benzene rings is 3. The summed E-state index contributed by atoms with van der Waals surface area (Å²) < 4.78 is 5.38. The Bertz CT molecular complexity index is 1170. The molecular formula is C25H26N4O. The number of ether oxygens (including phenoxy) is 1. The first-order chi connectivity index (χ1) is 14.8. The van der Waals surface area contributed by atoms with Gasteiger partial charge in [0.1, 0.15) is 5.75 Å². The van der Waals surface area contributed by atoms with Crippen molar-refractivity contribution in [2.24, 2.45) is 0 Å². The molecule has 0 atom stereocenters. The molecule has 1 fully saturated rings. The first kappa shape index (κ1) is 18.8. The number of anilines is 1. The molecule has 152 valence electrons. The molecule has 1 aromatic heterocycles. The van der Waals surface area contributed by atoms with Gasteiger partial charge < -0.3 is 10.1 Å². The van der Waals surface area contributed by atoms with E-state index in [0.717, 1.165) is 54.8 Å². The molecule has 1 aliphatic heterocycles. The van der Waals surface area contributed by atoms with Crippen molar-refractivity contribution in [1.29, 1.82) is 0 Å². The van der Waals surface area contributed by atoms with Gasteiger partial charge in [-0.3, -0.25) is 4.90 Å². The first-order valence-corrected chi connectivity index (χ1v) is 10.5. The first-order valence-electron chi connectivity index (χ1n) is 10.5. The minimum Gasteiger partial charge on any atom is -0.497 e. The van der Waals surface area contributed by atoms with E-state index in [-0.39, 0.29) is 0 Å². The highest BCUT2D eigenvalue weighted by Crippen LogP contribution is 2.27. The van der Waals surface area contributed by atoms with E-state index in [4.69, 9.17) is 4.74 Å². The summed E-state index contributed by atoms with van der Waals surface area (Å²) >= 11 is 0. The fraction of sp³-hybridized carbons (Fsp3) is 0.280. The van der Waals surface area contributed by atoms with Gasteiger partial charge in [-0.15, -0.1) is 5.10 Å². The van der Waals surface area contributed by atoms with Gasteiger partial charge in [0.15, 0.2) is 5.82 Å². The van der Waals surface area contributed by atoms with Crippen LogP contribution in [0.25, 0.3) is 21.5 Å². The molecule has 0 unspecified atom stereocenters. The molecule has 5 heteroatoms. The number of rotatable bonds is 5. The maximum Gasteiger partial charge on any atom is 0.156 e. The van der Waals surface area contributed by atoms with Gasteiger partial charge in [-0.1, -0.05) is 36.4 Å². The predicted molar refractivity (Wildman–Crippen MR) is 122 cm³/mol. The lowest BCUT2D eigenvalue weighted by Gasteiger charge is -2.32. The van der Waals surface area contributed by atoms with Crippen LogP contribution in [0, 0.1) is 0 Å². The molecule has 4 aromatic rings. The number of piperidine rings is 1. The van der Waals surface area contributed by atoms with Gasteiger partial charge in [-0.05, 0) is 53.4 Å². The van der Waals surface area contributed by atoms with Gasteiger partial charge in [-0.25, -0.2) is 0 Å². The van der Waals surface area contributed by atoms with Gasteiger partial charge in [0, 0.05) is 36.4 Å². The number of nitrogens with zero attached hydrogens (tertiary/aromatic N) is 3. The standard InChI is InChI=1S/C25H26N4O/c1-30-23-9-8-21-16-26-28-25(24(21)15-23)27-22-10-12-29(13-11-22)17-18-6-7-19-4-2-3-5-20(19)14-18/h2-9,14-16,22H,10-13,17H2,1H3,(H,27,28). The lowest BCUT2D eigenvalue weighted by Crippen LogP contribution is -2.38. The lowest BCUT2D eigenvalue weighted by atomic mass is 10.0. The second-order valence-corrected chi connectivity index (χ2v) is 8.02. The van der Waals surface area contributed by atoms with Gasteiger partial charge in [0.25, 0.3) is 0 Å². The molecule has 0 amide bonds. The summed E-state index contributed by atoms with van der Waals surface area (Å²) in [6.07, 6.45) is 3.98. The molecule has 1 saturated heterocycles.